The number of carbonyl (C=O) groups is 2. The lowest BCUT2D eigenvalue weighted by atomic mass is 9.98. The maximum atomic E-state index is 13.5. The van der Waals surface area contributed by atoms with Crippen LogP contribution in [-0.2, 0) is 14.3 Å². The molecule has 2 aliphatic heterocycles. The van der Waals surface area contributed by atoms with Crippen LogP contribution in [0.1, 0.15) is 49.8 Å². The lowest BCUT2D eigenvalue weighted by Crippen LogP contribution is -2.49. The fraction of sp³-hybridized carbons (Fsp3) is 0.423. The first kappa shape index (κ1) is 23.0. The van der Waals surface area contributed by atoms with E-state index in [0.717, 1.165) is 35.4 Å². The maximum absolute atomic E-state index is 13.5. The number of piperidine rings is 1. The van der Waals surface area contributed by atoms with E-state index in [1.54, 1.807) is 19.0 Å². The number of rotatable bonds is 7. The van der Waals surface area contributed by atoms with Crippen LogP contribution in [0.2, 0.25) is 0 Å². The first-order valence-corrected chi connectivity index (χ1v) is 11.6. The summed E-state index contributed by atoms with van der Waals surface area (Å²) in [5.74, 6) is 0.366. The van der Waals surface area contributed by atoms with Crippen molar-refractivity contribution in [3.8, 4) is 5.75 Å². The van der Waals surface area contributed by atoms with Crippen molar-refractivity contribution in [2.24, 2.45) is 5.10 Å². The molecular formula is C26H31N3O4. The Morgan fingerprint density at radius 3 is 2.58 bits per heavy atom. The molecule has 174 valence electrons. The zero-order valence-corrected chi connectivity index (χ0v) is 19.3. The summed E-state index contributed by atoms with van der Waals surface area (Å²) >= 11 is 0. The number of benzene rings is 2. The number of nitrogens with zero attached hydrogens (tertiary/aromatic N) is 3. The summed E-state index contributed by atoms with van der Waals surface area (Å²) in [4.78, 5) is 28.0. The van der Waals surface area contributed by atoms with Gasteiger partial charge in [0.2, 0.25) is 0 Å². The molecule has 2 aromatic rings. The second kappa shape index (κ2) is 10.6. The van der Waals surface area contributed by atoms with Gasteiger partial charge in [0.05, 0.1) is 32.0 Å². The zero-order chi connectivity index (χ0) is 23.2. The summed E-state index contributed by atoms with van der Waals surface area (Å²) in [5.41, 5.74) is 2.73. The summed E-state index contributed by atoms with van der Waals surface area (Å²) in [7, 11) is 1.64. The van der Waals surface area contributed by atoms with Crippen molar-refractivity contribution in [1.29, 1.82) is 0 Å². The third-order valence-electron chi connectivity index (χ3n) is 6.28. The molecule has 0 radical (unpaired) electrons. The molecule has 4 rings (SSSR count). The van der Waals surface area contributed by atoms with Gasteiger partial charge in [-0.25, -0.2) is 5.01 Å². The molecule has 2 aromatic carbocycles. The van der Waals surface area contributed by atoms with Gasteiger partial charge >= 0.3 is 5.97 Å². The third kappa shape index (κ3) is 5.09. The molecule has 2 atom stereocenters. The van der Waals surface area contributed by atoms with Crippen molar-refractivity contribution in [1.82, 2.24) is 9.91 Å². The molecule has 1 saturated heterocycles. The van der Waals surface area contributed by atoms with E-state index in [9.17, 15) is 9.59 Å². The summed E-state index contributed by atoms with van der Waals surface area (Å²) < 4.78 is 10.8. The molecule has 0 bridgehead atoms. The van der Waals surface area contributed by atoms with Crippen LogP contribution in [0.5, 0.6) is 5.75 Å². The molecule has 0 N–H and O–H groups in total. The normalized spacial score (nSPS) is 20.9. The standard InChI is InChI=1S/C26H31N3O4/c1-3-33-26(31)22-14-9-10-16-28(22)18-25(30)29-23(19-11-5-4-6-12-19)17-21(27-29)20-13-7-8-15-24(20)32-2/h4-8,11-13,15,22-23H,3,9-10,14,16-18H2,1-2H3/t22-,23+/m1/s1. The smallest absolute Gasteiger partial charge is 0.323 e. The Morgan fingerprint density at radius 2 is 1.82 bits per heavy atom. The van der Waals surface area contributed by atoms with Crippen molar-refractivity contribution in [3.63, 3.8) is 0 Å². The van der Waals surface area contributed by atoms with Gasteiger partial charge in [-0.05, 0) is 44.0 Å². The minimum absolute atomic E-state index is 0.120. The molecule has 0 aromatic heterocycles. The van der Waals surface area contributed by atoms with E-state index >= 15 is 0 Å². The van der Waals surface area contributed by atoms with Crippen molar-refractivity contribution in [2.45, 2.75) is 44.7 Å². The van der Waals surface area contributed by atoms with Crippen LogP contribution in [0.3, 0.4) is 0 Å². The largest absolute Gasteiger partial charge is 0.496 e. The van der Waals surface area contributed by atoms with Crippen LogP contribution in [0.25, 0.3) is 0 Å². The average molecular weight is 450 g/mol. The number of hydrogen-bond acceptors (Lipinski definition) is 6. The Kier molecular flexibility index (Phi) is 7.40. The van der Waals surface area contributed by atoms with Crippen LogP contribution >= 0.6 is 0 Å². The van der Waals surface area contributed by atoms with E-state index in [2.05, 4.69) is 0 Å². The Labute approximate surface area is 195 Å². The fourth-order valence-electron chi connectivity index (χ4n) is 4.65. The van der Waals surface area contributed by atoms with Crippen molar-refractivity contribution in [2.75, 3.05) is 26.8 Å². The Morgan fingerprint density at radius 1 is 1.06 bits per heavy atom. The number of para-hydroxylation sites is 1. The maximum Gasteiger partial charge on any atom is 0.323 e. The van der Waals surface area contributed by atoms with Crippen LogP contribution in [0.15, 0.2) is 59.7 Å². The minimum atomic E-state index is -0.377. The van der Waals surface area contributed by atoms with Gasteiger partial charge in [-0.15, -0.1) is 0 Å². The molecule has 33 heavy (non-hydrogen) atoms. The quantitative estimate of drug-likeness (QED) is 0.602. The monoisotopic (exact) mass is 449 g/mol. The highest BCUT2D eigenvalue weighted by molar-refractivity contribution is 6.05. The van der Waals surface area contributed by atoms with Gasteiger partial charge in [-0.2, -0.15) is 5.10 Å². The molecule has 0 aliphatic carbocycles. The second-order valence-corrected chi connectivity index (χ2v) is 8.35. The van der Waals surface area contributed by atoms with Crippen molar-refractivity contribution in [3.05, 3.63) is 65.7 Å². The van der Waals surface area contributed by atoms with Crippen LogP contribution < -0.4 is 4.74 Å². The van der Waals surface area contributed by atoms with E-state index in [0.29, 0.717) is 26.0 Å². The van der Waals surface area contributed by atoms with Crippen LogP contribution in [0.4, 0.5) is 0 Å². The Bertz CT molecular complexity index is 1010. The van der Waals surface area contributed by atoms with E-state index in [-0.39, 0.29) is 30.5 Å². The molecular weight excluding hydrogens is 418 g/mol. The van der Waals surface area contributed by atoms with Crippen LogP contribution in [0, 0.1) is 0 Å². The number of ether oxygens (including phenoxy) is 2. The molecule has 0 spiro atoms. The topological polar surface area (TPSA) is 71.4 Å². The third-order valence-corrected chi connectivity index (χ3v) is 6.28. The summed E-state index contributed by atoms with van der Waals surface area (Å²) in [6.45, 7) is 2.97. The second-order valence-electron chi connectivity index (χ2n) is 8.35. The SMILES string of the molecule is CCOC(=O)[C@H]1CCCCN1CC(=O)N1N=C(c2ccccc2OC)C[C@H]1c1ccccc1. The summed E-state index contributed by atoms with van der Waals surface area (Å²) in [5, 5.41) is 6.37. The lowest BCUT2D eigenvalue weighted by Gasteiger charge is -2.34. The zero-order valence-electron chi connectivity index (χ0n) is 19.3. The van der Waals surface area contributed by atoms with Gasteiger partial charge in [0, 0.05) is 12.0 Å². The number of hydrazone groups is 1. The van der Waals surface area contributed by atoms with E-state index < -0.39 is 0 Å². The fourth-order valence-corrected chi connectivity index (χ4v) is 4.65. The highest BCUT2D eigenvalue weighted by Crippen LogP contribution is 2.35. The first-order chi connectivity index (χ1) is 16.1. The molecule has 0 saturated carbocycles. The Balaban J connectivity index is 1.60. The number of hydrogen-bond donors (Lipinski definition) is 0. The van der Waals surface area contributed by atoms with E-state index in [1.807, 2.05) is 59.5 Å². The molecule has 7 heteroatoms. The molecule has 7 nitrogen and oxygen atoms in total. The predicted octanol–water partition coefficient (Wildman–Crippen LogP) is 3.79. The highest BCUT2D eigenvalue weighted by Gasteiger charge is 2.37. The molecule has 1 fully saturated rings. The van der Waals surface area contributed by atoms with Gasteiger partial charge in [-0.3, -0.25) is 14.5 Å². The first-order valence-electron chi connectivity index (χ1n) is 11.6. The number of amides is 1. The van der Waals surface area contributed by atoms with Gasteiger partial charge < -0.3 is 9.47 Å². The van der Waals surface area contributed by atoms with Gasteiger partial charge in [-0.1, -0.05) is 48.9 Å². The molecule has 0 unspecified atom stereocenters. The molecule has 2 heterocycles. The molecule has 1 amide bonds. The summed E-state index contributed by atoms with van der Waals surface area (Å²) in [6.07, 6.45) is 3.23. The lowest BCUT2D eigenvalue weighted by molar-refractivity contribution is -0.152. The van der Waals surface area contributed by atoms with E-state index in [4.69, 9.17) is 14.6 Å². The van der Waals surface area contributed by atoms with Crippen molar-refractivity contribution < 1.29 is 19.1 Å². The van der Waals surface area contributed by atoms with Gasteiger partial charge in [0.25, 0.3) is 5.91 Å². The van der Waals surface area contributed by atoms with Gasteiger partial charge in [0.15, 0.2) is 0 Å². The highest BCUT2D eigenvalue weighted by atomic mass is 16.5. The number of esters is 1. The van der Waals surface area contributed by atoms with Gasteiger partial charge in [0.1, 0.15) is 11.8 Å². The Hall–Kier alpha value is -3.19. The predicted molar refractivity (Wildman–Crippen MR) is 126 cm³/mol. The number of carbonyl (C=O) groups excluding carboxylic acids is 2. The number of likely N-dealkylation sites (tertiary alicyclic amines) is 1. The number of methoxy groups -OCH3 is 1. The van der Waals surface area contributed by atoms with Crippen molar-refractivity contribution >= 4 is 17.6 Å². The molecule has 2 aliphatic rings. The minimum Gasteiger partial charge on any atom is -0.496 e. The van der Waals surface area contributed by atoms with E-state index in [1.165, 1.54) is 0 Å². The summed E-state index contributed by atoms with van der Waals surface area (Å²) in [6, 6.07) is 17.1. The average Bonchev–Trinajstić information content (AvgIpc) is 3.30. The van der Waals surface area contributed by atoms with Crippen LogP contribution in [-0.4, -0.2) is 60.3 Å².